The molecule has 1 aliphatic rings. The van der Waals surface area contributed by atoms with E-state index in [2.05, 4.69) is 4.98 Å². The highest BCUT2D eigenvalue weighted by molar-refractivity contribution is 7.10. The monoisotopic (exact) mass is 328 g/mol. The molecule has 2 aromatic rings. The van der Waals surface area contributed by atoms with E-state index in [0.717, 1.165) is 18.9 Å². The Morgan fingerprint density at radius 2 is 2.14 bits per heavy atom. The number of hydrogen-bond acceptors (Lipinski definition) is 4. The minimum absolute atomic E-state index is 0.0750. The molecule has 3 rings (SSSR count). The highest BCUT2D eigenvalue weighted by atomic mass is 32.1. The molecule has 1 amide bonds. The molecule has 4 nitrogen and oxygen atoms in total. The summed E-state index contributed by atoms with van der Waals surface area (Å²) in [5, 5.41) is 1.27. The van der Waals surface area contributed by atoms with E-state index in [9.17, 15) is 18.0 Å². The van der Waals surface area contributed by atoms with Crippen LogP contribution in [0.2, 0.25) is 0 Å². The number of amides is 1. The lowest BCUT2D eigenvalue weighted by atomic mass is 10.4. The van der Waals surface area contributed by atoms with Crippen LogP contribution in [0.3, 0.4) is 0 Å². The first kappa shape index (κ1) is 14.8. The number of rotatable bonds is 5. The number of nitrogens with zero attached hydrogens (tertiary/aromatic N) is 2. The van der Waals surface area contributed by atoms with E-state index in [1.807, 2.05) is 0 Å². The molecule has 116 valence electrons. The third-order valence-electron chi connectivity index (χ3n) is 3.10. The third kappa shape index (κ3) is 3.22. The Morgan fingerprint density at radius 3 is 2.73 bits per heavy atom. The number of carbonyl (C=O) groups excluding carboxylic acids is 1. The molecule has 0 aromatic carbocycles. The zero-order chi connectivity index (χ0) is 15.7. The van der Waals surface area contributed by atoms with Crippen molar-refractivity contribution in [2.24, 2.45) is 0 Å². The van der Waals surface area contributed by atoms with E-state index >= 15 is 0 Å². The van der Waals surface area contributed by atoms with E-state index in [1.165, 1.54) is 16.3 Å². The highest BCUT2D eigenvalue weighted by Crippen LogP contribution is 2.38. The first-order valence-corrected chi connectivity index (χ1v) is 7.39. The van der Waals surface area contributed by atoms with Crippen molar-refractivity contribution in [2.75, 3.05) is 4.90 Å². The molecule has 0 unspecified atom stereocenters. The second kappa shape index (κ2) is 5.60. The molecule has 2 heterocycles. The van der Waals surface area contributed by atoms with E-state index in [0.29, 0.717) is 23.6 Å². The normalized spacial score (nSPS) is 14.7. The van der Waals surface area contributed by atoms with Crippen LogP contribution >= 0.6 is 11.3 Å². The van der Waals surface area contributed by atoms with Crippen molar-refractivity contribution in [3.05, 3.63) is 34.5 Å². The predicted octanol–water partition coefficient (Wildman–Crippen LogP) is 4.08. The number of ether oxygens (including phenoxy) is 1. The molecule has 0 aliphatic heterocycles. The van der Waals surface area contributed by atoms with Crippen LogP contribution in [0.4, 0.5) is 19.0 Å². The second-order valence-electron chi connectivity index (χ2n) is 4.82. The summed E-state index contributed by atoms with van der Waals surface area (Å²) in [4.78, 5) is 16.0. The molecule has 0 bridgehead atoms. The van der Waals surface area contributed by atoms with Gasteiger partial charge in [-0.1, -0.05) is 6.07 Å². The fourth-order valence-corrected chi connectivity index (χ4v) is 2.60. The quantitative estimate of drug-likeness (QED) is 0.777. The summed E-state index contributed by atoms with van der Waals surface area (Å²) in [6.07, 6.45) is -1.84. The Bertz CT molecular complexity index is 683. The molecule has 1 aliphatic carbocycles. The van der Waals surface area contributed by atoms with Crippen LogP contribution in [-0.2, 0) is 11.0 Å². The average Bonchev–Trinajstić information content (AvgIpc) is 3.17. The van der Waals surface area contributed by atoms with E-state index < -0.39 is 11.1 Å². The van der Waals surface area contributed by atoms with Crippen molar-refractivity contribution in [1.82, 2.24) is 4.98 Å². The number of hydrogen-bond donors (Lipinski definition) is 0. The van der Waals surface area contributed by atoms with E-state index in [4.69, 9.17) is 4.74 Å². The number of thiophene rings is 1. The number of anilines is 1. The Hall–Kier alpha value is -2.09. The lowest BCUT2D eigenvalue weighted by molar-refractivity contribution is -0.134. The largest absolute Gasteiger partial charge is 0.438 e. The molecule has 0 radical (unpaired) electrons. The van der Waals surface area contributed by atoms with E-state index in [-0.39, 0.29) is 17.7 Å². The fourth-order valence-electron chi connectivity index (χ4n) is 1.93. The van der Waals surface area contributed by atoms with Crippen molar-refractivity contribution in [3.8, 4) is 11.6 Å². The maximum Gasteiger partial charge on any atom is 0.425 e. The van der Waals surface area contributed by atoms with Crippen molar-refractivity contribution in [2.45, 2.75) is 25.1 Å². The summed E-state index contributed by atoms with van der Waals surface area (Å²) in [5.74, 6) is 0.656. The Labute approximate surface area is 128 Å². The van der Waals surface area contributed by atoms with Gasteiger partial charge in [0.25, 0.3) is 0 Å². The molecule has 8 heteroatoms. The van der Waals surface area contributed by atoms with Crippen molar-refractivity contribution < 1.29 is 22.7 Å². The zero-order valence-electron chi connectivity index (χ0n) is 11.2. The van der Waals surface area contributed by atoms with Crippen LogP contribution in [0.15, 0.2) is 29.6 Å². The Morgan fingerprint density at radius 1 is 1.36 bits per heavy atom. The van der Waals surface area contributed by atoms with Crippen molar-refractivity contribution in [3.63, 3.8) is 0 Å². The summed E-state index contributed by atoms with van der Waals surface area (Å²) in [5.41, 5.74) is 0. The zero-order valence-corrected chi connectivity index (χ0v) is 12.0. The Kier molecular flexibility index (Phi) is 3.78. The maximum absolute atomic E-state index is 12.5. The number of aromatic nitrogens is 1. The maximum atomic E-state index is 12.5. The van der Waals surface area contributed by atoms with Gasteiger partial charge < -0.3 is 4.74 Å². The van der Waals surface area contributed by atoms with Gasteiger partial charge in [-0.3, -0.25) is 9.69 Å². The molecule has 1 fully saturated rings. The second-order valence-corrected chi connectivity index (χ2v) is 5.74. The molecular weight excluding hydrogens is 317 g/mol. The predicted molar refractivity (Wildman–Crippen MR) is 75.2 cm³/mol. The van der Waals surface area contributed by atoms with Crippen LogP contribution in [-0.4, -0.2) is 17.4 Å². The van der Waals surface area contributed by atoms with Gasteiger partial charge in [0.05, 0.1) is 0 Å². The van der Waals surface area contributed by atoms with Gasteiger partial charge in [0.15, 0.2) is 0 Å². The summed E-state index contributed by atoms with van der Waals surface area (Å²) >= 11 is 0.561. The summed E-state index contributed by atoms with van der Waals surface area (Å²) in [7, 11) is 0. The van der Waals surface area contributed by atoms with Gasteiger partial charge in [-0.25, -0.2) is 0 Å². The van der Waals surface area contributed by atoms with Crippen molar-refractivity contribution >= 4 is 23.6 Å². The first-order chi connectivity index (χ1) is 10.5. The topological polar surface area (TPSA) is 42.4 Å². The molecule has 0 saturated heterocycles. The van der Waals surface area contributed by atoms with Gasteiger partial charge in [0.1, 0.15) is 16.4 Å². The molecule has 0 N–H and O–H groups in total. The number of carbonyl (C=O) groups is 1. The van der Waals surface area contributed by atoms with Crippen LogP contribution in [0.25, 0.3) is 0 Å². The lowest BCUT2D eigenvalue weighted by Gasteiger charge is -2.15. The van der Waals surface area contributed by atoms with Gasteiger partial charge in [-0.15, -0.1) is 11.3 Å². The molecular formula is C14H11F3N2O2S. The summed E-state index contributed by atoms with van der Waals surface area (Å²) < 4.78 is 43.0. The van der Waals surface area contributed by atoms with Crippen LogP contribution in [0.5, 0.6) is 11.6 Å². The lowest BCUT2D eigenvalue weighted by Crippen LogP contribution is -2.24. The minimum Gasteiger partial charge on any atom is -0.438 e. The smallest absolute Gasteiger partial charge is 0.425 e. The van der Waals surface area contributed by atoms with Crippen molar-refractivity contribution in [1.29, 1.82) is 0 Å². The molecule has 0 atom stereocenters. The van der Waals surface area contributed by atoms with Gasteiger partial charge in [-0.05, 0) is 18.9 Å². The Balaban J connectivity index is 1.78. The standard InChI is InChI=1S/C14H11F3N2O2S/c15-14(16,17)11-6-10(7-22-11)21-13-3-1-2-12(18-13)19(8-20)9-4-5-9/h1-3,6-9H,4-5H2. The first-order valence-electron chi connectivity index (χ1n) is 6.51. The highest BCUT2D eigenvalue weighted by Gasteiger charge is 2.33. The van der Waals surface area contributed by atoms with Gasteiger partial charge in [0.2, 0.25) is 12.3 Å². The summed E-state index contributed by atoms with van der Waals surface area (Å²) in [6.45, 7) is 0. The van der Waals surface area contributed by atoms with Crippen LogP contribution < -0.4 is 9.64 Å². The molecule has 1 saturated carbocycles. The SMILES string of the molecule is O=CN(c1cccc(Oc2csc(C(F)(F)F)c2)n1)C1CC1. The number of halogens is 3. The van der Waals surface area contributed by atoms with Gasteiger partial charge >= 0.3 is 6.18 Å². The molecule has 0 spiro atoms. The van der Waals surface area contributed by atoms with Crippen LogP contribution in [0, 0.1) is 0 Å². The number of alkyl halides is 3. The van der Waals surface area contributed by atoms with Gasteiger partial charge in [-0.2, -0.15) is 18.2 Å². The van der Waals surface area contributed by atoms with E-state index in [1.54, 1.807) is 12.1 Å². The number of pyridine rings is 1. The van der Waals surface area contributed by atoms with Crippen LogP contribution in [0.1, 0.15) is 17.7 Å². The average molecular weight is 328 g/mol. The third-order valence-corrected chi connectivity index (χ3v) is 4.06. The van der Waals surface area contributed by atoms with Gasteiger partial charge in [0, 0.05) is 23.6 Å². The summed E-state index contributed by atoms with van der Waals surface area (Å²) in [6, 6.07) is 5.92. The fraction of sp³-hybridized carbons (Fsp3) is 0.286. The minimum atomic E-state index is -4.39. The molecule has 22 heavy (non-hydrogen) atoms. The molecule has 2 aromatic heterocycles.